The van der Waals surface area contributed by atoms with Gasteiger partial charge in [-0.3, -0.25) is 4.98 Å². The zero-order chi connectivity index (χ0) is 14.7. The van der Waals surface area contributed by atoms with E-state index < -0.39 is 0 Å². The van der Waals surface area contributed by atoms with Gasteiger partial charge in [-0.2, -0.15) is 0 Å². The maximum Gasteiger partial charge on any atom is 0.128 e. The molecule has 5 heteroatoms. The quantitative estimate of drug-likeness (QED) is 0.678. The Morgan fingerprint density at radius 1 is 1.35 bits per heavy atom. The maximum absolute atomic E-state index is 6.02. The molecule has 0 amide bonds. The number of anilines is 1. The molecule has 2 rings (SSSR count). The van der Waals surface area contributed by atoms with Crippen LogP contribution >= 0.6 is 23.4 Å². The molecule has 2 N–H and O–H groups in total. The van der Waals surface area contributed by atoms with Gasteiger partial charge in [-0.05, 0) is 32.0 Å². The van der Waals surface area contributed by atoms with E-state index in [9.17, 15) is 0 Å². The van der Waals surface area contributed by atoms with E-state index in [1.165, 1.54) is 0 Å². The van der Waals surface area contributed by atoms with Gasteiger partial charge in [0.15, 0.2) is 0 Å². The van der Waals surface area contributed by atoms with Crippen molar-refractivity contribution in [3.63, 3.8) is 0 Å². The van der Waals surface area contributed by atoms with E-state index in [1.54, 1.807) is 18.9 Å². The van der Waals surface area contributed by atoms with Crippen LogP contribution in [0.15, 0.2) is 29.3 Å². The second kappa shape index (κ2) is 6.37. The molecule has 3 nitrogen and oxygen atoms in total. The first kappa shape index (κ1) is 15.0. The zero-order valence-electron chi connectivity index (χ0n) is 11.7. The van der Waals surface area contributed by atoms with Crippen LogP contribution in [0.25, 0.3) is 0 Å². The molecule has 0 saturated heterocycles. The lowest BCUT2D eigenvalue weighted by atomic mass is 10.1. The number of hydrogen-bond donors (Lipinski definition) is 1. The summed E-state index contributed by atoms with van der Waals surface area (Å²) in [5, 5.41) is 0.584. The fourth-order valence-electron chi connectivity index (χ4n) is 1.97. The minimum Gasteiger partial charge on any atom is -0.496 e. The highest BCUT2D eigenvalue weighted by molar-refractivity contribution is 7.98. The lowest BCUT2D eigenvalue weighted by Gasteiger charge is -2.12. The van der Waals surface area contributed by atoms with Crippen LogP contribution in [-0.2, 0) is 5.75 Å². The Bertz CT molecular complexity index is 632. The summed E-state index contributed by atoms with van der Waals surface area (Å²) in [6.07, 6.45) is 1.84. The molecule has 0 spiro atoms. The number of nitrogens with two attached hydrogens (primary N) is 1. The number of methoxy groups -OCH3 is 1. The minimum atomic E-state index is 0.584. The topological polar surface area (TPSA) is 48.1 Å². The molecule has 0 unspecified atom stereocenters. The molecule has 0 saturated carbocycles. The maximum atomic E-state index is 6.02. The zero-order valence-corrected chi connectivity index (χ0v) is 13.3. The molecule has 0 aliphatic rings. The molecule has 0 atom stereocenters. The first-order valence-corrected chi connectivity index (χ1v) is 7.56. The average molecular weight is 309 g/mol. The summed E-state index contributed by atoms with van der Waals surface area (Å²) in [6.45, 7) is 4.03. The lowest BCUT2D eigenvalue weighted by Crippen LogP contribution is -1.98. The Hall–Kier alpha value is -1.39. The molecular formula is C15H17ClN2OS. The van der Waals surface area contributed by atoms with Crippen molar-refractivity contribution in [1.29, 1.82) is 0 Å². The van der Waals surface area contributed by atoms with Crippen molar-refractivity contribution >= 4 is 29.1 Å². The fraction of sp³-hybridized carbons (Fsp3) is 0.267. The van der Waals surface area contributed by atoms with Crippen LogP contribution in [0.4, 0.5) is 5.69 Å². The summed E-state index contributed by atoms with van der Waals surface area (Å²) in [5.41, 5.74) is 9.46. The largest absolute Gasteiger partial charge is 0.496 e. The number of benzene rings is 1. The lowest BCUT2D eigenvalue weighted by molar-refractivity contribution is 0.407. The summed E-state index contributed by atoms with van der Waals surface area (Å²) in [5.74, 6) is 1.67. The van der Waals surface area contributed by atoms with Crippen molar-refractivity contribution in [1.82, 2.24) is 4.98 Å². The first-order chi connectivity index (χ1) is 9.52. The predicted molar refractivity (Wildman–Crippen MR) is 85.7 cm³/mol. The van der Waals surface area contributed by atoms with Gasteiger partial charge in [-0.15, -0.1) is 11.8 Å². The number of nitrogens with zero attached hydrogens (tertiary/aromatic N) is 1. The van der Waals surface area contributed by atoms with Gasteiger partial charge >= 0.3 is 0 Å². The molecule has 20 heavy (non-hydrogen) atoms. The van der Waals surface area contributed by atoms with Gasteiger partial charge in [0.2, 0.25) is 0 Å². The van der Waals surface area contributed by atoms with Crippen molar-refractivity contribution in [2.24, 2.45) is 0 Å². The Morgan fingerprint density at radius 2 is 2.10 bits per heavy atom. The van der Waals surface area contributed by atoms with Crippen LogP contribution in [0.5, 0.6) is 5.75 Å². The normalized spacial score (nSPS) is 10.6. The Balaban J connectivity index is 2.16. The molecular weight excluding hydrogens is 292 g/mol. The Kier molecular flexibility index (Phi) is 4.78. The minimum absolute atomic E-state index is 0.584. The molecule has 0 bridgehead atoms. The van der Waals surface area contributed by atoms with Gasteiger partial charge in [0, 0.05) is 28.0 Å². The predicted octanol–water partition coefficient (Wildman–Crippen LogP) is 4.23. The highest BCUT2D eigenvalue weighted by Crippen LogP contribution is 2.31. The molecule has 0 fully saturated rings. The van der Waals surface area contributed by atoms with E-state index in [1.807, 2.05) is 38.2 Å². The highest BCUT2D eigenvalue weighted by Gasteiger charge is 2.10. The molecule has 1 aromatic carbocycles. The Morgan fingerprint density at radius 3 is 2.75 bits per heavy atom. The van der Waals surface area contributed by atoms with E-state index in [2.05, 4.69) is 4.98 Å². The van der Waals surface area contributed by atoms with E-state index in [4.69, 9.17) is 22.1 Å². The number of aromatic nitrogens is 1. The van der Waals surface area contributed by atoms with Gasteiger partial charge in [-0.1, -0.05) is 11.6 Å². The number of ether oxygens (including phenoxy) is 1. The number of rotatable bonds is 4. The van der Waals surface area contributed by atoms with E-state index in [0.717, 1.165) is 33.2 Å². The van der Waals surface area contributed by atoms with Crippen molar-refractivity contribution in [3.05, 3.63) is 46.2 Å². The third-order valence-corrected chi connectivity index (χ3v) is 4.43. The molecule has 1 heterocycles. The van der Waals surface area contributed by atoms with E-state index in [0.29, 0.717) is 10.7 Å². The fourth-order valence-corrected chi connectivity index (χ4v) is 3.17. The van der Waals surface area contributed by atoms with E-state index >= 15 is 0 Å². The van der Waals surface area contributed by atoms with Gasteiger partial charge < -0.3 is 10.5 Å². The molecule has 0 aliphatic heterocycles. The number of nitrogen functional groups attached to an aromatic ring is 1. The third-order valence-electron chi connectivity index (χ3n) is 3.10. The number of aryl methyl sites for hydroxylation is 1. The molecule has 2 aromatic rings. The van der Waals surface area contributed by atoms with Crippen molar-refractivity contribution in [3.8, 4) is 5.75 Å². The van der Waals surface area contributed by atoms with Crippen LogP contribution in [0, 0.1) is 13.8 Å². The van der Waals surface area contributed by atoms with Crippen LogP contribution in [-0.4, -0.2) is 12.1 Å². The van der Waals surface area contributed by atoms with Gasteiger partial charge in [0.05, 0.1) is 23.5 Å². The standard InChI is InChI=1S/C15H17ClN2OS/c1-9-7-18-14(10(2)15(9)19-3)8-20-11-4-5-13(17)12(16)6-11/h4-7H,8,17H2,1-3H3. The third kappa shape index (κ3) is 3.19. The number of hydrogen-bond acceptors (Lipinski definition) is 4. The number of thioether (sulfide) groups is 1. The second-order valence-electron chi connectivity index (χ2n) is 4.52. The second-order valence-corrected chi connectivity index (χ2v) is 5.97. The Labute approximate surface area is 128 Å². The summed E-state index contributed by atoms with van der Waals surface area (Å²) >= 11 is 7.70. The van der Waals surface area contributed by atoms with Crippen LogP contribution in [0.1, 0.15) is 16.8 Å². The summed E-state index contributed by atoms with van der Waals surface area (Å²) in [4.78, 5) is 5.56. The summed E-state index contributed by atoms with van der Waals surface area (Å²) in [7, 11) is 1.69. The van der Waals surface area contributed by atoms with Crippen LogP contribution in [0.2, 0.25) is 5.02 Å². The smallest absolute Gasteiger partial charge is 0.128 e. The first-order valence-electron chi connectivity index (χ1n) is 6.19. The van der Waals surface area contributed by atoms with Crippen molar-refractivity contribution in [2.75, 3.05) is 12.8 Å². The van der Waals surface area contributed by atoms with Gasteiger partial charge in [0.25, 0.3) is 0 Å². The summed E-state index contributed by atoms with van der Waals surface area (Å²) in [6, 6.07) is 5.66. The van der Waals surface area contributed by atoms with Gasteiger partial charge in [0.1, 0.15) is 5.75 Å². The highest BCUT2D eigenvalue weighted by atomic mass is 35.5. The summed E-state index contributed by atoms with van der Waals surface area (Å²) < 4.78 is 5.42. The SMILES string of the molecule is COc1c(C)cnc(CSc2ccc(N)c(Cl)c2)c1C. The van der Waals surface area contributed by atoms with E-state index in [-0.39, 0.29) is 0 Å². The number of pyridine rings is 1. The van der Waals surface area contributed by atoms with Crippen molar-refractivity contribution in [2.45, 2.75) is 24.5 Å². The average Bonchev–Trinajstić information content (AvgIpc) is 2.42. The van der Waals surface area contributed by atoms with Crippen molar-refractivity contribution < 1.29 is 4.74 Å². The molecule has 0 aliphatic carbocycles. The molecule has 0 radical (unpaired) electrons. The molecule has 106 valence electrons. The van der Waals surface area contributed by atoms with Crippen LogP contribution < -0.4 is 10.5 Å². The van der Waals surface area contributed by atoms with Gasteiger partial charge in [-0.25, -0.2) is 0 Å². The monoisotopic (exact) mass is 308 g/mol. The van der Waals surface area contributed by atoms with Crippen LogP contribution in [0.3, 0.4) is 0 Å². The molecule has 1 aromatic heterocycles. The number of halogens is 1.